The van der Waals surface area contributed by atoms with Crippen molar-refractivity contribution in [3.8, 4) is 0 Å². The van der Waals surface area contributed by atoms with Crippen LogP contribution in [0, 0.1) is 23.7 Å². The second-order valence-electron chi connectivity index (χ2n) is 6.01. The summed E-state index contributed by atoms with van der Waals surface area (Å²) in [4.78, 5) is 0. The van der Waals surface area contributed by atoms with Crippen molar-refractivity contribution in [2.24, 2.45) is 29.4 Å². The van der Waals surface area contributed by atoms with Crippen LogP contribution in [0.15, 0.2) is 4.42 Å². The summed E-state index contributed by atoms with van der Waals surface area (Å²) in [6.07, 6.45) is 5.17. The van der Waals surface area contributed by atoms with E-state index < -0.39 is 0 Å². The van der Waals surface area contributed by atoms with E-state index >= 15 is 0 Å². The zero-order valence-corrected chi connectivity index (χ0v) is 10.2. The van der Waals surface area contributed by atoms with Crippen LogP contribution in [0.25, 0.3) is 0 Å². The molecule has 3 fully saturated rings. The minimum Gasteiger partial charge on any atom is -0.423 e. The van der Waals surface area contributed by atoms with E-state index in [1.807, 2.05) is 6.92 Å². The Kier molecular flexibility index (Phi) is 1.96. The molecular weight excluding hydrogens is 214 g/mol. The Morgan fingerprint density at radius 3 is 2.65 bits per heavy atom. The van der Waals surface area contributed by atoms with Crippen LogP contribution in [0.4, 0.5) is 0 Å². The van der Waals surface area contributed by atoms with E-state index in [2.05, 4.69) is 10.2 Å². The first-order valence-electron chi connectivity index (χ1n) is 6.88. The summed E-state index contributed by atoms with van der Waals surface area (Å²) in [5, 5.41) is 8.33. The maximum Gasteiger partial charge on any atom is 0.233 e. The maximum absolute atomic E-state index is 5.91. The van der Waals surface area contributed by atoms with E-state index in [0.717, 1.165) is 36.0 Å². The minimum atomic E-state index is -0.0911. The van der Waals surface area contributed by atoms with Gasteiger partial charge < -0.3 is 10.2 Å². The van der Waals surface area contributed by atoms with Gasteiger partial charge in [0.25, 0.3) is 0 Å². The Labute approximate surface area is 101 Å². The first kappa shape index (κ1) is 10.1. The molecule has 0 spiro atoms. The molecule has 1 heterocycles. The molecule has 2 bridgehead atoms. The maximum atomic E-state index is 5.91. The Morgan fingerprint density at radius 1 is 1.29 bits per heavy atom. The molecule has 3 saturated carbocycles. The molecule has 1 aromatic rings. The molecule has 0 amide bonds. The van der Waals surface area contributed by atoms with Gasteiger partial charge in [-0.15, -0.1) is 10.2 Å². The van der Waals surface area contributed by atoms with Gasteiger partial charge in [-0.25, -0.2) is 0 Å². The molecule has 1 aromatic heterocycles. The highest BCUT2D eigenvalue weighted by atomic mass is 16.4. The molecule has 5 unspecified atom stereocenters. The highest BCUT2D eigenvalue weighted by Crippen LogP contribution is 2.72. The van der Waals surface area contributed by atoms with Gasteiger partial charge in [-0.1, -0.05) is 6.92 Å². The summed E-state index contributed by atoms with van der Waals surface area (Å²) in [6.45, 7) is 2.04. The topological polar surface area (TPSA) is 64.9 Å². The first-order chi connectivity index (χ1) is 8.29. The molecular formula is C13H19N3O. The SMILES string of the molecule is CCC(N)c1nnc(C2C3C4CCC(C4)C23)o1. The Balaban J connectivity index is 1.56. The monoisotopic (exact) mass is 233 g/mol. The van der Waals surface area contributed by atoms with Crippen LogP contribution in [0.5, 0.6) is 0 Å². The van der Waals surface area contributed by atoms with Crippen molar-refractivity contribution in [1.29, 1.82) is 0 Å². The summed E-state index contributed by atoms with van der Waals surface area (Å²) in [5.74, 6) is 5.69. The number of nitrogens with two attached hydrogens (primary N) is 1. The van der Waals surface area contributed by atoms with Crippen molar-refractivity contribution in [2.45, 2.75) is 44.6 Å². The fourth-order valence-electron chi connectivity index (χ4n) is 4.36. The van der Waals surface area contributed by atoms with Gasteiger partial charge in [0.05, 0.1) is 6.04 Å². The average Bonchev–Trinajstić information content (AvgIpc) is 2.81. The largest absolute Gasteiger partial charge is 0.423 e. The summed E-state index contributed by atoms with van der Waals surface area (Å²) in [6, 6.07) is -0.0911. The highest BCUT2D eigenvalue weighted by molar-refractivity contribution is 5.22. The Morgan fingerprint density at radius 2 is 2.00 bits per heavy atom. The van der Waals surface area contributed by atoms with Crippen molar-refractivity contribution in [1.82, 2.24) is 10.2 Å². The van der Waals surface area contributed by atoms with Crippen LogP contribution in [0.2, 0.25) is 0 Å². The lowest BCUT2D eigenvalue weighted by Gasteiger charge is -2.04. The van der Waals surface area contributed by atoms with Gasteiger partial charge in [0.2, 0.25) is 11.8 Å². The predicted molar refractivity (Wildman–Crippen MR) is 62.1 cm³/mol. The van der Waals surface area contributed by atoms with Gasteiger partial charge in [0.1, 0.15) is 0 Å². The lowest BCUT2D eigenvalue weighted by atomic mass is 10.0. The number of fused-ring (bicyclic) bond motifs is 5. The molecule has 0 saturated heterocycles. The summed E-state index contributed by atoms with van der Waals surface area (Å²) in [7, 11) is 0. The predicted octanol–water partition coefficient (Wildman–Crippen LogP) is 2.24. The third-order valence-electron chi connectivity index (χ3n) is 5.23. The molecule has 92 valence electrons. The van der Waals surface area contributed by atoms with Crippen molar-refractivity contribution >= 4 is 0 Å². The molecule has 5 atom stereocenters. The normalized spacial score (nSPS) is 43.8. The molecule has 0 aromatic carbocycles. The molecule has 17 heavy (non-hydrogen) atoms. The van der Waals surface area contributed by atoms with Crippen molar-refractivity contribution in [3.63, 3.8) is 0 Å². The van der Waals surface area contributed by atoms with E-state index in [4.69, 9.17) is 10.2 Å². The number of nitrogens with zero attached hydrogens (tertiary/aromatic N) is 2. The molecule has 4 rings (SSSR count). The standard InChI is InChI=1S/C13H19N3O/c1-2-8(14)12-15-16-13(17-12)11-9-6-3-4-7(5-6)10(9)11/h6-11H,2-5,14H2,1H3. The molecule has 2 N–H and O–H groups in total. The lowest BCUT2D eigenvalue weighted by molar-refractivity contribution is 0.388. The lowest BCUT2D eigenvalue weighted by Crippen LogP contribution is -2.08. The summed E-state index contributed by atoms with van der Waals surface area (Å²) >= 11 is 0. The van der Waals surface area contributed by atoms with E-state index in [0.29, 0.717) is 11.8 Å². The molecule has 0 radical (unpaired) electrons. The number of hydrogen-bond donors (Lipinski definition) is 1. The molecule has 3 aliphatic carbocycles. The highest BCUT2D eigenvalue weighted by Gasteiger charge is 2.67. The summed E-state index contributed by atoms with van der Waals surface area (Å²) in [5.41, 5.74) is 5.91. The third-order valence-corrected chi connectivity index (χ3v) is 5.23. The second kappa shape index (κ2) is 3.31. The van der Waals surface area contributed by atoms with Gasteiger partial charge in [-0.2, -0.15) is 0 Å². The molecule has 3 aliphatic rings. The number of rotatable bonds is 3. The van der Waals surface area contributed by atoms with E-state index in [1.165, 1.54) is 19.3 Å². The van der Waals surface area contributed by atoms with Gasteiger partial charge in [-0.3, -0.25) is 0 Å². The fraction of sp³-hybridized carbons (Fsp3) is 0.846. The van der Waals surface area contributed by atoms with Crippen LogP contribution in [0.3, 0.4) is 0 Å². The van der Waals surface area contributed by atoms with E-state index in [9.17, 15) is 0 Å². The van der Waals surface area contributed by atoms with Gasteiger partial charge in [0.15, 0.2) is 0 Å². The van der Waals surface area contributed by atoms with Gasteiger partial charge >= 0.3 is 0 Å². The van der Waals surface area contributed by atoms with Crippen LogP contribution >= 0.6 is 0 Å². The van der Waals surface area contributed by atoms with E-state index in [1.54, 1.807) is 0 Å². The zero-order chi connectivity index (χ0) is 11.6. The van der Waals surface area contributed by atoms with Crippen LogP contribution < -0.4 is 5.73 Å². The Bertz CT molecular complexity index is 428. The number of hydrogen-bond acceptors (Lipinski definition) is 4. The smallest absolute Gasteiger partial charge is 0.233 e. The van der Waals surface area contributed by atoms with Crippen LogP contribution in [-0.4, -0.2) is 10.2 Å². The minimum absolute atomic E-state index is 0.0911. The fourth-order valence-corrected chi connectivity index (χ4v) is 4.36. The third kappa shape index (κ3) is 1.27. The molecule has 4 nitrogen and oxygen atoms in total. The second-order valence-corrected chi connectivity index (χ2v) is 6.01. The Hall–Kier alpha value is -0.900. The first-order valence-corrected chi connectivity index (χ1v) is 6.88. The van der Waals surface area contributed by atoms with Crippen LogP contribution in [-0.2, 0) is 0 Å². The molecule has 4 heteroatoms. The zero-order valence-electron chi connectivity index (χ0n) is 10.2. The summed E-state index contributed by atoms with van der Waals surface area (Å²) < 4.78 is 5.77. The van der Waals surface area contributed by atoms with Crippen molar-refractivity contribution in [3.05, 3.63) is 11.8 Å². The quantitative estimate of drug-likeness (QED) is 0.869. The molecule has 0 aliphatic heterocycles. The van der Waals surface area contributed by atoms with Crippen LogP contribution in [0.1, 0.15) is 56.3 Å². The van der Waals surface area contributed by atoms with Crippen molar-refractivity contribution in [2.75, 3.05) is 0 Å². The average molecular weight is 233 g/mol. The van der Waals surface area contributed by atoms with Gasteiger partial charge in [-0.05, 0) is 49.4 Å². The number of aromatic nitrogens is 2. The van der Waals surface area contributed by atoms with E-state index in [-0.39, 0.29) is 6.04 Å². The van der Waals surface area contributed by atoms with Gasteiger partial charge in [0, 0.05) is 5.92 Å². The van der Waals surface area contributed by atoms with Crippen molar-refractivity contribution < 1.29 is 4.42 Å².